The number of benzene rings is 1. The van der Waals surface area contributed by atoms with Gasteiger partial charge in [-0.2, -0.15) is 0 Å². The minimum atomic E-state index is 0. The predicted molar refractivity (Wildman–Crippen MR) is 43.4 cm³/mol. The Hall–Kier alpha value is 0.746. The van der Waals surface area contributed by atoms with Crippen molar-refractivity contribution in [2.24, 2.45) is 0 Å². The fourth-order valence-corrected chi connectivity index (χ4v) is 0.683. The van der Waals surface area contributed by atoms with Gasteiger partial charge in [0.2, 0.25) is 0 Å². The van der Waals surface area contributed by atoms with Gasteiger partial charge in [0, 0.05) is 0 Å². The van der Waals surface area contributed by atoms with Crippen LogP contribution in [0.2, 0.25) is 0 Å². The first-order valence-electron chi connectivity index (χ1n) is 3.11. The molecular formula is C8H10Br2MgO. The van der Waals surface area contributed by atoms with E-state index in [4.69, 9.17) is 4.74 Å². The molecule has 0 atom stereocenters. The Balaban J connectivity index is -0.000000270. The van der Waals surface area contributed by atoms with Gasteiger partial charge >= 0.3 is 23.1 Å². The van der Waals surface area contributed by atoms with Crippen LogP contribution in [-0.2, 0) is 0 Å². The van der Waals surface area contributed by atoms with Crippen molar-refractivity contribution in [2.45, 2.75) is 6.92 Å². The summed E-state index contributed by atoms with van der Waals surface area (Å²) in [4.78, 5) is 0. The van der Waals surface area contributed by atoms with Crippen LogP contribution in [0.25, 0.3) is 0 Å². The maximum Gasteiger partial charge on any atom is 2.00 e. The van der Waals surface area contributed by atoms with Crippen molar-refractivity contribution >= 4 is 23.1 Å². The van der Waals surface area contributed by atoms with Crippen molar-refractivity contribution in [2.75, 3.05) is 6.61 Å². The minimum absolute atomic E-state index is 0. The van der Waals surface area contributed by atoms with Gasteiger partial charge in [-0.05, 0) is 19.1 Å². The van der Waals surface area contributed by atoms with Gasteiger partial charge in [0.15, 0.2) is 0 Å². The molecule has 0 saturated heterocycles. The molecule has 4 heteroatoms. The Morgan fingerprint density at radius 1 is 1.08 bits per heavy atom. The van der Waals surface area contributed by atoms with Crippen LogP contribution in [0.4, 0.5) is 0 Å². The molecule has 1 rings (SSSR count). The molecule has 0 unspecified atom stereocenters. The fourth-order valence-electron chi connectivity index (χ4n) is 0.683. The Morgan fingerprint density at radius 2 is 1.58 bits per heavy atom. The molecule has 0 spiro atoms. The molecule has 12 heavy (non-hydrogen) atoms. The van der Waals surface area contributed by atoms with Crippen LogP contribution < -0.4 is 38.7 Å². The molecule has 0 aliphatic carbocycles. The molecule has 0 N–H and O–H groups in total. The maximum atomic E-state index is 5.21. The molecular weight excluding hydrogens is 296 g/mol. The van der Waals surface area contributed by atoms with Crippen molar-refractivity contribution < 1.29 is 38.7 Å². The van der Waals surface area contributed by atoms with Crippen molar-refractivity contribution in [1.82, 2.24) is 0 Å². The minimum Gasteiger partial charge on any atom is -1.00 e. The Kier molecular flexibility index (Phi) is 18.1. The number of para-hydroxylation sites is 1. The molecule has 0 aliphatic rings. The summed E-state index contributed by atoms with van der Waals surface area (Å²) in [6, 6.07) is 9.80. The summed E-state index contributed by atoms with van der Waals surface area (Å²) < 4.78 is 5.21. The van der Waals surface area contributed by atoms with Crippen LogP contribution in [0.3, 0.4) is 0 Å². The van der Waals surface area contributed by atoms with E-state index in [1.807, 2.05) is 37.3 Å². The molecule has 0 aliphatic heterocycles. The Bertz CT molecular complexity index is 170. The molecule has 0 bridgehead atoms. The zero-order valence-electron chi connectivity index (χ0n) is 6.97. The molecule has 64 valence electrons. The molecule has 0 amide bonds. The number of rotatable bonds is 2. The van der Waals surface area contributed by atoms with Crippen LogP contribution in [-0.4, -0.2) is 29.7 Å². The number of ether oxygens (including phenoxy) is 1. The molecule has 0 radical (unpaired) electrons. The van der Waals surface area contributed by atoms with E-state index in [0.717, 1.165) is 12.4 Å². The summed E-state index contributed by atoms with van der Waals surface area (Å²) in [7, 11) is 0. The first-order valence-corrected chi connectivity index (χ1v) is 3.11. The summed E-state index contributed by atoms with van der Waals surface area (Å²) in [5, 5.41) is 0. The smallest absolute Gasteiger partial charge is 1.00 e. The molecule has 1 aromatic rings. The van der Waals surface area contributed by atoms with Crippen molar-refractivity contribution in [3.8, 4) is 5.75 Å². The average molecular weight is 306 g/mol. The Labute approximate surface area is 111 Å². The SMILES string of the molecule is CCOc1ccccc1.[Br-].[Br-].[Mg+2]. The van der Waals surface area contributed by atoms with E-state index >= 15 is 0 Å². The third-order valence-corrected chi connectivity index (χ3v) is 1.05. The van der Waals surface area contributed by atoms with Crippen LogP contribution in [0.1, 0.15) is 6.92 Å². The second-order valence-corrected chi connectivity index (χ2v) is 1.75. The standard InChI is InChI=1S/C8H10O.2BrH.Mg/c1-2-9-8-6-4-3-5-7-8;;;/h3-7H,2H2,1H3;2*1H;/q;;;+2/p-2. The molecule has 0 heterocycles. The van der Waals surface area contributed by atoms with Gasteiger partial charge in [0.05, 0.1) is 6.61 Å². The maximum absolute atomic E-state index is 5.21. The van der Waals surface area contributed by atoms with Crippen molar-refractivity contribution in [3.63, 3.8) is 0 Å². The zero-order valence-corrected chi connectivity index (χ0v) is 11.6. The quantitative estimate of drug-likeness (QED) is 0.503. The molecule has 0 fully saturated rings. The first-order chi connectivity index (χ1) is 4.43. The summed E-state index contributed by atoms with van der Waals surface area (Å²) in [6.07, 6.45) is 0. The van der Waals surface area contributed by atoms with Crippen LogP contribution >= 0.6 is 0 Å². The van der Waals surface area contributed by atoms with Gasteiger partial charge in [-0.3, -0.25) is 0 Å². The second-order valence-electron chi connectivity index (χ2n) is 1.75. The van der Waals surface area contributed by atoms with Crippen molar-refractivity contribution in [1.29, 1.82) is 0 Å². The second kappa shape index (κ2) is 11.7. The molecule has 0 saturated carbocycles. The van der Waals surface area contributed by atoms with Crippen LogP contribution in [0, 0.1) is 0 Å². The van der Waals surface area contributed by atoms with Gasteiger partial charge in [-0.1, -0.05) is 18.2 Å². The first kappa shape index (κ1) is 18.5. The van der Waals surface area contributed by atoms with Gasteiger partial charge in [0.1, 0.15) is 5.75 Å². The van der Waals surface area contributed by atoms with E-state index < -0.39 is 0 Å². The number of halogens is 2. The summed E-state index contributed by atoms with van der Waals surface area (Å²) in [5.41, 5.74) is 0. The topological polar surface area (TPSA) is 9.23 Å². The predicted octanol–water partition coefficient (Wildman–Crippen LogP) is -4.29. The molecule has 1 aromatic carbocycles. The van der Waals surface area contributed by atoms with E-state index in [0.29, 0.717) is 0 Å². The third-order valence-electron chi connectivity index (χ3n) is 1.05. The third kappa shape index (κ3) is 7.40. The van der Waals surface area contributed by atoms with Crippen LogP contribution in [0.15, 0.2) is 30.3 Å². The molecule has 1 nitrogen and oxygen atoms in total. The van der Waals surface area contributed by atoms with E-state index in [2.05, 4.69) is 0 Å². The van der Waals surface area contributed by atoms with E-state index in [9.17, 15) is 0 Å². The van der Waals surface area contributed by atoms with Crippen LogP contribution in [0.5, 0.6) is 5.75 Å². The summed E-state index contributed by atoms with van der Waals surface area (Å²) in [5.74, 6) is 0.944. The van der Waals surface area contributed by atoms with E-state index in [1.165, 1.54) is 0 Å². The molecule has 0 aromatic heterocycles. The summed E-state index contributed by atoms with van der Waals surface area (Å²) >= 11 is 0. The average Bonchev–Trinajstić information content (AvgIpc) is 1.91. The van der Waals surface area contributed by atoms with Gasteiger partial charge in [-0.25, -0.2) is 0 Å². The van der Waals surface area contributed by atoms with Crippen molar-refractivity contribution in [3.05, 3.63) is 30.3 Å². The zero-order chi connectivity index (χ0) is 6.53. The summed E-state index contributed by atoms with van der Waals surface area (Å²) in [6.45, 7) is 2.72. The van der Waals surface area contributed by atoms with E-state index in [1.54, 1.807) is 0 Å². The van der Waals surface area contributed by atoms with Gasteiger partial charge in [-0.15, -0.1) is 0 Å². The number of hydrogen-bond acceptors (Lipinski definition) is 1. The monoisotopic (exact) mass is 304 g/mol. The Morgan fingerprint density at radius 3 is 2.00 bits per heavy atom. The fraction of sp³-hybridized carbons (Fsp3) is 0.250. The largest absolute Gasteiger partial charge is 2.00 e. The van der Waals surface area contributed by atoms with E-state index in [-0.39, 0.29) is 57.0 Å². The number of hydrogen-bond donors (Lipinski definition) is 0. The van der Waals surface area contributed by atoms with Gasteiger partial charge in [0.25, 0.3) is 0 Å². The van der Waals surface area contributed by atoms with Gasteiger partial charge < -0.3 is 38.7 Å². The normalized spacial score (nSPS) is 6.75.